The second-order valence-corrected chi connectivity index (χ2v) is 4.99. The zero-order valence-corrected chi connectivity index (χ0v) is 12.0. The maximum absolute atomic E-state index is 11.6. The quantitative estimate of drug-likeness (QED) is 0.876. The van der Waals surface area contributed by atoms with Gasteiger partial charge in [0.1, 0.15) is 0 Å². The normalized spacial score (nSPS) is 10.2. The molecule has 0 aliphatic carbocycles. The molecular weight excluding hydrogens is 298 g/mol. The zero-order valence-electron chi connectivity index (χ0n) is 10.4. The van der Waals surface area contributed by atoms with Crippen LogP contribution in [0, 0.1) is 13.8 Å². The summed E-state index contributed by atoms with van der Waals surface area (Å²) in [5.74, 6) is -1.03. The first-order chi connectivity index (χ1) is 8.41. The first-order valence-electron chi connectivity index (χ1n) is 5.69. The fraction of sp³-hybridized carbons (Fsp3) is 0.385. The van der Waals surface area contributed by atoms with Crippen molar-refractivity contribution in [2.24, 2.45) is 0 Å². The number of benzene rings is 1. The van der Waals surface area contributed by atoms with Gasteiger partial charge in [-0.05, 0) is 43.5 Å². The van der Waals surface area contributed by atoms with Gasteiger partial charge in [0.05, 0.1) is 0 Å². The molecule has 0 fully saturated rings. The molecule has 18 heavy (non-hydrogen) atoms. The molecule has 1 aromatic rings. The highest BCUT2D eigenvalue weighted by molar-refractivity contribution is 9.10. The van der Waals surface area contributed by atoms with Gasteiger partial charge in [-0.25, -0.2) is 0 Å². The summed E-state index contributed by atoms with van der Waals surface area (Å²) >= 11 is 3.43. The van der Waals surface area contributed by atoms with Gasteiger partial charge < -0.3 is 10.4 Å². The molecule has 1 rings (SSSR count). The fourth-order valence-electron chi connectivity index (χ4n) is 1.54. The summed E-state index contributed by atoms with van der Waals surface area (Å²) in [5.41, 5.74) is 2.87. The Hall–Kier alpha value is -1.36. The number of hydrogen-bond donors (Lipinski definition) is 2. The van der Waals surface area contributed by atoms with Crippen molar-refractivity contribution in [2.75, 3.05) is 5.32 Å². The first-order valence-corrected chi connectivity index (χ1v) is 6.48. The number of carbonyl (C=O) groups is 2. The van der Waals surface area contributed by atoms with E-state index >= 15 is 0 Å². The van der Waals surface area contributed by atoms with Crippen LogP contribution in [0.5, 0.6) is 0 Å². The number of hydrogen-bond acceptors (Lipinski definition) is 2. The minimum atomic E-state index is -0.876. The summed E-state index contributed by atoms with van der Waals surface area (Å²) in [4.78, 5) is 22.0. The molecule has 98 valence electrons. The Morgan fingerprint density at radius 2 is 1.89 bits per heavy atom. The Morgan fingerprint density at radius 1 is 1.22 bits per heavy atom. The van der Waals surface area contributed by atoms with Crippen LogP contribution >= 0.6 is 15.9 Å². The Labute approximate surface area is 115 Å². The third kappa shape index (κ3) is 4.14. The number of amides is 1. The monoisotopic (exact) mass is 313 g/mol. The van der Waals surface area contributed by atoms with Gasteiger partial charge in [0.25, 0.3) is 0 Å². The first kappa shape index (κ1) is 14.7. The predicted octanol–water partition coefficient (Wildman–Crippen LogP) is 3.26. The van der Waals surface area contributed by atoms with Crippen molar-refractivity contribution in [3.63, 3.8) is 0 Å². The Kier molecular flexibility index (Phi) is 5.34. The standard InChI is InChI=1S/C13H16BrNO3/c1-8-9(2)11(7-6-10(8)14)15-12(16)4-3-5-13(17)18/h6-7H,3-5H2,1-2H3,(H,15,16)(H,17,18). The molecule has 0 atom stereocenters. The van der Waals surface area contributed by atoms with Crippen molar-refractivity contribution in [2.45, 2.75) is 33.1 Å². The summed E-state index contributed by atoms with van der Waals surface area (Å²) in [6.45, 7) is 3.91. The average Bonchev–Trinajstić information content (AvgIpc) is 2.29. The number of aliphatic carboxylic acids is 1. The topological polar surface area (TPSA) is 66.4 Å². The molecule has 1 amide bonds. The van der Waals surface area contributed by atoms with Crippen molar-refractivity contribution >= 4 is 33.5 Å². The summed E-state index contributed by atoms with van der Waals surface area (Å²) < 4.78 is 1.00. The fourth-order valence-corrected chi connectivity index (χ4v) is 1.97. The average molecular weight is 314 g/mol. The third-order valence-electron chi connectivity index (χ3n) is 2.79. The van der Waals surface area contributed by atoms with Crippen molar-refractivity contribution in [3.05, 3.63) is 27.7 Å². The lowest BCUT2D eigenvalue weighted by atomic mass is 10.1. The molecule has 0 radical (unpaired) electrons. The van der Waals surface area contributed by atoms with Crippen LogP contribution < -0.4 is 5.32 Å². The molecule has 2 N–H and O–H groups in total. The lowest BCUT2D eigenvalue weighted by molar-refractivity contribution is -0.137. The van der Waals surface area contributed by atoms with Gasteiger partial charge in [-0.1, -0.05) is 15.9 Å². The van der Waals surface area contributed by atoms with Crippen molar-refractivity contribution in [1.29, 1.82) is 0 Å². The van der Waals surface area contributed by atoms with Crippen molar-refractivity contribution < 1.29 is 14.7 Å². The summed E-state index contributed by atoms with van der Waals surface area (Å²) in [5, 5.41) is 11.3. The minimum absolute atomic E-state index is 0.0196. The van der Waals surface area contributed by atoms with E-state index in [1.165, 1.54) is 0 Å². The Balaban J connectivity index is 2.60. The molecule has 0 heterocycles. The maximum atomic E-state index is 11.6. The predicted molar refractivity (Wildman–Crippen MR) is 73.7 cm³/mol. The van der Waals surface area contributed by atoms with Crippen LogP contribution in [-0.2, 0) is 9.59 Å². The molecule has 0 saturated heterocycles. The van der Waals surface area contributed by atoms with Gasteiger partial charge in [-0.3, -0.25) is 9.59 Å². The Bertz CT molecular complexity index is 472. The zero-order chi connectivity index (χ0) is 13.7. The molecule has 0 aliphatic heterocycles. The van der Waals surface area contributed by atoms with Crippen LogP contribution in [0.3, 0.4) is 0 Å². The van der Waals surface area contributed by atoms with E-state index in [1.807, 2.05) is 26.0 Å². The second kappa shape index (κ2) is 6.54. The van der Waals surface area contributed by atoms with Gasteiger partial charge in [-0.15, -0.1) is 0 Å². The van der Waals surface area contributed by atoms with Crippen LogP contribution in [0.25, 0.3) is 0 Å². The largest absolute Gasteiger partial charge is 0.481 e. The number of carbonyl (C=O) groups excluding carboxylic acids is 1. The van der Waals surface area contributed by atoms with E-state index in [4.69, 9.17) is 5.11 Å². The SMILES string of the molecule is Cc1c(Br)ccc(NC(=O)CCCC(=O)O)c1C. The number of carboxylic acids is 1. The number of anilines is 1. The molecule has 0 bridgehead atoms. The van der Waals surface area contributed by atoms with E-state index < -0.39 is 5.97 Å². The molecule has 0 saturated carbocycles. The summed E-state index contributed by atoms with van der Waals surface area (Å²) in [6.07, 6.45) is 0.600. The summed E-state index contributed by atoms with van der Waals surface area (Å²) in [6, 6.07) is 3.72. The van der Waals surface area contributed by atoms with E-state index in [1.54, 1.807) is 0 Å². The van der Waals surface area contributed by atoms with Crippen molar-refractivity contribution in [3.8, 4) is 0 Å². The lowest BCUT2D eigenvalue weighted by Crippen LogP contribution is -2.13. The van der Waals surface area contributed by atoms with Gasteiger partial charge in [0.2, 0.25) is 5.91 Å². The van der Waals surface area contributed by atoms with E-state index in [9.17, 15) is 9.59 Å². The highest BCUT2D eigenvalue weighted by atomic mass is 79.9. The molecule has 0 spiro atoms. The van der Waals surface area contributed by atoms with E-state index in [0.29, 0.717) is 6.42 Å². The number of halogens is 1. The summed E-state index contributed by atoms with van der Waals surface area (Å²) in [7, 11) is 0. The molecule has 0 unspecified atom stereocenters. The van der Waals surface area contributed by atoms with E-state index in [0.717, 1.165) is 21.3 Å². The molecule has 5 heteroatoms. The van der Waals surface area contributed by atoms with Crippen LogP contribution in [0.1, 0.15) is 30.4 Å². The lowest BCUT2D eigenvalue weighted by Gasteiger charge is -2.11. The van der Waals surface area contributed by atoms with Gasteiger partial charge in [0, 0.05) is 23.0 Å². The second-order valence-electron chi connectivity index (χ2n) is 4.14. The van der Waals surface area contributed by atoms with Crippen LogP contribution in [0.4, 0.5) is 5.69 Å². The number of carboxylic acid groups (broad SMARTS) is 1. The van der Waals surface area contributed by atoms with Crippen LogP contribution in [-0.4, -0.2) is 17.0 Å². The van der Waals surface area contributed by atoms with Crippen molar-refractivity contribution in [1.82, 2.24) is 0 Å². The molecule has 1 aromatic carbocycles. The van der Waals surface area contributed by atoms with E-state index in [2.05, 4.69) is 21.2 Å². The molecular formula is C13H16BrNO3. The molecule has 0 aliphatic rings. The molecule has 4 nitrogen and oxygen atoms in total. The highest BCUT2D eigenvalue weighted by Gasteiger charge is 2.08. The maximum Gasteiger partial charge on any atom is 0.303 e. The number of nitrogens with one attached hydrogen (secondary N) is 1. The highest BCUT2D eigenvalue weighted by Crippen LogP contribution is 2.25. The van der Waals surface area contributed by atoms with Gasteiger partial charge in [0.15, 0.2) is 0 Å². The Morgan fingerprint density at radius 3 is 2.50 bits per heavy atom. The smallest absolute Gasteiger partial charge is 0.303 e. The molecule has 0 aromatic heterocycles. The van der Waals surface area contributed by atoms with Crippen LogP contribution in [0.2, 0.25) is 0 Å². The van der Waals surface area contributed by atoms with Crippen LogP contribution in [0.15, 0.2) is 16.6 Å². The van der Waals surface area contributed by atoms with E-state index in [-0.39, 0.29) is 18.7 Å². The minimum Gasteiger partial charge on any atom is -0.481 e. The number of rotatable bonds is 5. The van der Waals surface area contributed by atoms with Gasteiger partial charge in [-0.2, -0.15) is 0 Å². The van der Waals surface area contributed by atoms with Gasteiger partial charge >= 0.3 is 5.97 Å². The third-order valence-corrected chi connectivity index (χ3v) is 3.65.